The van der Waals surface area contributed by atoms with E-state index in [4.69, 9.17) is 0 Å². The summed E-state index contributed by atoms with van der Waals surface area (Å²) in [4.78, 5) is 2.50. The molecule has 17 heavy (non-hydrogen) atoms. The highest BCUT2D eigenvalue weighted by Gasteiger charge is 2.26. The van der Waals surface area contributed by atoms with Crippen LogP contribution in [0, 0.1) is 11.3 Å². The van der Waals surface area contributed by atoms with Gasteiger partial charge >= 0.3 is 0 Å². The molecule has 102 valence electrons. The SMILES string of the molecule is CCNC1CCCC1CCN(C)CC(C)(C)C. The standard InChI is InChI=1S/C15H32N2/c1-6-16-14-9-7-8-13(14)10-11-17(5)12-15(2,3)4/h13-14,16H,6-12H2,1-5H3. The maximum absolute atomic E-state index is 3.65. The first-order chi connectivity index (χ1) is 7.92. The van der Waals surface area contributed by atoms with Gasteiger partial charge in [0.25, 0.3) is 0 Å². The molecule has 0 heterocycles. The van der Waals surface area contributed by atoms with Crippen LogP contribution in [-0.4, -0.2) is 37.6 Å². The fourth-order valence-electron chi connectivity index (χ4n) is 3.19. The van der Waals surface area contributed by atoms with Gasteiger partial charge in [0.2, 0.25) is 0 Å². The van der Waals surface area contributed by atoms with Crippen LogP contribution in [0.5, 0.6) is 0 Å². The molecule has 0 aliphatic heterocycles. The zero-order valence-corrected chi connectivity index (χ0v) is 12.6. The highest BCUT2D eigenvalue weighted by atomic mass is 15.1. The van der Waals surface area contributed by atoms with Gasteiger partial charge in [-0.3, -0.25) is 0 Å². The first-order valence-electron chi connectivity index (χ1n) is 7.34. The molecule has 1 aliphatic rings. The Hall–Kier alpha value is -0.0800. The second-order valence-corrected chi connectivity index (χ2v) is 6.94. The molecule has 1 saturated carbocycles. The molecule has 0 aromatic heterocycles. The van der Waals surface area contributed by atoms with Crippen molar-refractivity contribution in [2.45, 2.75) is 59.4 Å². The van der Waals surface area contributed by atoms with E-state index in [1.807, 2.05) is 0 Å². The molecule has 0 amide bonds. The maximum atomic E-state index is 3.65. The van der Waals surface area contributed by atoms with E-state index < -0.39 is 0 Å². The van der Waals surface area contributed by atoms with Crippen molar-refractivity contribution in [3.8, 4) is 0 Å². The molecule has 1 N–H and O–H groups in total. The number of nitrogens with zero attached hydrogens (tertiary/aromatic N) is 1. The summed E-state index contributed by atoms with van der Waals surface area (Å²) >= 11 is 0. The quantitative estimate of drug-likeness (QED) is 0.767. The van der Waals surface area contributed by atoms with Crippen LogP contribution in [0.2, 0.25) is 0 Å². The molecule has 0 aromatic rings. The molecule has 0 saturated heterocycles. The van der Waals surface area contributed by atoms with Crippen LogP contribution < -0.4 is 5.32 Å². The Balaban J connectivity index is 2.25. The summed E-state index contributed by atoms with van der Waals surface area (Å²) in [6.45, 7) is 12.8. The average molecular weight is 240 g/mol. The van der Waals surface area contributed by atoms with Crippen LogP contribution >= 0.6 is 0 Å². The van der Waals surface area contributed by atoms with Gasteiger partial charge in [-0.15, -0.1) is 0 Å². The minimum atomic E-state index is 0.422. The Kier molecular flexibility index (Phi) is 5.94. The molecule has 2 nitrogen and oxygen atoms in total. The van der Waals surface area contributed by atoms with Crippen molar-refractivity contribution in [1.29, 1.82) is 0 Å². The lowest BCUT2D eigenvalue weighted by molar-refractivity contribution is 0.209. The first kappa shape index (κ1) is 15.0. The van der Waals surface area contributed by atoms with E-state index in [2.05, 4.69) is 45.0 Å². The summed E-state index contributed by atoms with van der Waals surface area (Å²) in [5.74, 6) is 0.914. The van der Waals surface area contributed by atoms with E-state index in [-0.39, 0.29) is 0 Å². The summed E-state index contributed by atoms with van der Waals surface area (Å²) in [6.07, 6.45) is 5.61. The third-order valence-corrected chi connectivity index (χ3v) is 3.75. The second kappa shape index (κ2) is 6.75. The Morgan fingerprint density at radius 3 is 2.53 bits per heavy atom. The lowest BCUT2D eigenvalue weighted by atomic mass is 9.95. The summed E-state index contributed by atoms with van der Waals surface area (Å²) in [6, 6.07) is 0.794. The molecule has 0 radical (unpaired) electrons. The van der Waals surface area contributed by atoms with Gasteiger partial charge in [-0.05, 0) is 50.7 Å². The van der Waals surface area contributed by atoms with Crippen molar-refractivity contribution in [3.05, 3.63) is 0 Å². The lowest BCUT2D eigenvalue weighted by Crippen LogP contribution is -2.35. The number of rotatable bonds is 6. The molecule has 0 bridgehead atoms. The van der Waals surface area contributed by atoms with E-state index in [0.29, 0.717) is 5.41 Å². The lowest BCUT2D eigenvalue weighted by Gasteiger charge is -2.28. The predicted octanol–water partition coefficient (Wildman–Crippen LogP) is 3.13. The molecule has 0 spiro atoms. The summed E-state index contributed by atoms with van der Waals surface area (Å²) in [5, 5.41) is 3.65. The Bertz CT molecular complexity index is 207. The Morgan fingerprint density at radius 1 is 1.24 bits per heavy atom. The maximum Gasteiger partial charge on any atom is 0.00956 e. The molecule has 1 fully saturated rings. The van der Waals surface area contributed by atoms with Crippen molar-refractivity contribution in [3.63, 3.8) is 0 Å². The predicted molar refractivity (Wildman–Crippen MR) is 76.4 cm³/mol. The Labute approximate surface area is 108 Å². The van der Waals surface area contributed by atoms with Crippen LogP contribution in [-0.2, 0) is 0 Å². The summed E-state index contributed by atoms with van der Waals surface area (Å²) in [7, 11) is 2.27. The highest BCUT2D eigenvalue weighted by Crippen LogP contribution is 2.28. The molecule has 2 heteroatoms. The van der Waals surface area contributed by atoms with Crippen LogP contribution in [0.4, 0.5) is 0 Å². The van der Waals surface area contributed by atoms with E-state index in [1.165, 1.54) is 38.8 Å². The van der Waals surface area contributed by atoms with Crippen LogP contribution in [0.25, 0.3) is 0 Å². The number of hydrogen-bond donors (Lipinski definition) is 1. The summed E-state index contributed by atoms with van der Waals surface area (Å²) < 4.78 is 0. The Morgan fingerprint density at radius 2 is 1.94 bits per heavy atom. The minimum absolute atomic E-state index is 0.422. The smallest absolute Gasteiger partial charge is 0.00956 e. The fraction of sp³-hybridized carbons (Fsp3) is 1.00. The molecule has 1 aliphatic carbocycles. The normalized spacial score (nSPS) is 25.8. The number of hydrogen-bond acceptors (Lipinski definition) is 2. The van der Waals surface area contributed by atoms with Gasteiger partial charge in [-0.2, -0.15) is 0 Å². The second-order valence-electron chi connectivity index (χ2n) is 6.94. The van der Waals surface area contributed by atoms with Crippen molar-refractivity contribution in [1.82, 2.24) is 10.2 Å². The van der Waals surface area contributed by atoms with Gasteiger partial charge in [0.1, 0.15) is 0 Å². The van der Waals surface area contributed by atoms with E-state index >= 15 is 0 Å². The first-order valence-corrected chi connectivity index (χ1v) is 7.34. The van der Waals surface area contributed by atoms with Gasteiger partial charge in [0.05, 0.1) is 0 Å². The molecule has 2 unspecified atom stereocenters. The average Bonchev–Trinajstić information content (AvgIpc) is 2.60. The third-order valence-electron chi connectivity index (χ3n) is 3.75. The van der Waals surface area contributed by atoms with Crippen LogP contribution in [0.15, 0.2) is 0 Å². The minimum Gasteiger partial charge on any atom is -0.314 e. The van der Waals surface area contributed by atoms with E-state index in [1.54, 1.807) is 0 Å². The summed E-state index contributed by atoms with van der Waals surface area (Å²) in [5.41, 5.74) is 0.422. The molecular formula is C15H32N2. The molecular weight excluding hydrogens is 208 g/mol. The monoisotopic (exact) mass is 240 g/mol. The highest BCUT2D eigenvalue weighted by molar-refractivity contribution is 4.83. The van der Waals surface area contributed by atoms with Gasteiger partial charge in [-0.1, -0.05) is 34.1 Å². The van der Waals surface area contributed by atoms with Crippen LogP contribution in [0.1, 0.15) is 53.4 Å². The van der Waals surface area contributed by atoms with Gasteiger partial charge in [0, 0.05) is 12.6 Å². The van der Waals surface area contributed by atoms with Crippen LogP contribution in [0.3, 0.4) is 0 Å². The fourth-order valence-corrected chi connectivity index (χ4v) is 3.19. The molecule has 1 rings (SSSR count). The van der Waals surface area contributed by atoms with Gasteiger partial charge < -0.3 is 10.2 Å². The van der Waals surface area contributed by atoms with Crippen molar-refractivity contribution >= 4 is 0 Å². The zero-order valence-electron chi connectivity index (χ0n) is 12.6. The van der Waals surface area contributed by atoms with Gasteiger partial charge in [0.15, 0.2) is 0 Å². The third kappa shape index (κ3) is 5.87. The number of nitrogens with one attached hydrogen (secondary N) is 1. The molecule has 2 atom stereocenters. The van der Waals surface area contributed by atoms with E-state index in [9.17, 15) is 0 Å². The van der Waals surface area contributed by atoms with Crippen molar-refractivity contribution < 1.29 is 0 Å². The van der Waals surface area contributed by atoms with Crippen molar-refractivity contribution in [2.75, 3.05) is 26.7 Å². The molecule has 0 aromatic carbocycles. The largest absolute Gasteiger partial charge is 0.314 e. The topological polar surface area (TPSA) is 15.3 Å². The van der Waals surface area contributed by atoms with E-state index in [0.717, 1.165) is 18.5 Å². The zero-order chi connectivity index (χ0) is 12.9. The van der Waals surface area contributed by atoms with Gasteiger partial charge in [-0.25, -0.2) is 0 Å². The van der Waals surface area contributed by atoms with Crippen molar-refractivity contribution in [2.24, 2.45) is 11.3 Å².